The molecule has 0 heterocycles. The van der Waals surface area contributed by atoms with Crippen molar-refractivity contribution in [1.29, 1.82) is 0 Å². The third kappa shape index (κ3) is 8.11. The topological polar surface area (TPSA) is 86.8 Å². The molecule has 11 heteroatoms. The molecule has 39 heavy (non-hydrogen) atoms. The Labute approximate surface area is 244 Å². The van der Waals surface area contributed by atoms with Crippen LogP contribution < -0.4 is 9.62 Å². The van der Waals surface area contributed by atoms with Gasteiger partial charge in [0.2, 0.25) is 11.8 Å². The Hall–Kier alpha value is -2.78. The lowest BCUT2D eigenvalue weighted by atomic mass is 10.1. The van der Waals surface area contributed by atoms with Gasteiger partial charge in [-0.05, 0) is 68.3 Å². The highest BCUT2D eigenvalue weighted by Crippen LogP contribution is 2.30. The predicted octanol–water partition coefficient (Wildman–Crippen LogP) is 6.17. The van der Waals surface area contributed by atoms with Gasteiger partial charge in [0.1, 0.15) is 12.6 Å². The molecule has 0 fully saturated rings. The Kier molecular flexibility index (Phi) is 10.7. The van der Waals surface area contributed by atoms with Crippen LogP contribution in [0.3, 0.4) is 0 Å². The van der Waals surface area contributed by atoms with E-state index in [2.05, 4.69) is 5.32 Å². The molecule has 0 saturated carbocycles. The number of sulfonamides is 1. The number of halogens is 3. The fourth-order valence-corrected chi connectivity index (χ4v) is 5.83. The molecule has 0 unspecified atom stereocenters. The number of amides is 2. The molecule has 2 atom stereocenters. The number of hydrogen-bond acceptors (Lipinski definition) is 4. The number of hydrogen-bond donors (Lipinski definition) is 1. The Morgan fingerprint density at radius 3 is 2.03 bits per heavy atom. The maximum absolute atomic E-state index is 13.9. The van der Waals surface area contributed by atoms with E-state index in [4.69, 9.17) is 34.8 Å². The second-order valence-electron chi connectivity index (χ2n) is 9.09. The molecule has 3 rings (SSSR count). The average molecular weight is 611 g/mol. The Morgan fingerprint density at radius 1 is 0.872 bits per heavy atom. The summed E-state index contributed by atoms with van der Waals surface area (Å²) in [5, 5.41) is 3.83. The Balaban J connectivity index is 2.04. The predicted molar refractivity (Wildman–Crippen MR) is 157 cm³/mol. The SMILES string of the molecule is CC[C@@H](C)NC(=O)[C@H](C)N(Cc1ccc(Cl)cc1)C(=O)CN(c1cc(Cl)cc(Cl)c1)S(=O)(=O)c1ccccc1. The fraction of sp³-hybridized carbons (Fsp3) is 0.286. The van der Waals surface area contributed by atoms with Crippen molar-refractivity contribution in [3.63, 3.8) is 0 Å². The van der Waals surface area contributed by atoms with Crippen LogP contribution >= 0.6 is 34.8 Å². The summed E-state index contributed by atoms with van der Waals surface area (Å²) in [6.07, 6.45) is 0.711. The minimum absolute atomic E-state index is 0.0132. The summed E-state index contributed by atoms with van der Waals surface area (Å²) >= 11 is 18.4. The number of anilines is 1. The van der Waals surface area contributed by atoms with Crippen molar-refractivity contribution < 1.29 is 18.0 Å². The maximum atomic E-state index is 13.9. The molecule has 2 amide bonds. The van der Waals surface area contributed by atoms with E-state index in [1.807, 2.05) is 13.8 Å². The largest absolute Gasteiger partial charge is 0.352 e. The molecule has 3 aromatic rings. The first-order chi connectivity index (χ1) is 18.4. The molecule has 0 aliphatic carbocycles. The van der Waals surface area contributed by atoms with Crippen LogP contribution in [0.1, 0.15) is 32.8 Å². The minimum Gasteiger partial charge on any atom is -0.352 e. The van der Waals surface area contributed by atoms with Crippen LogP contribution in [0.2, 0.25) is 15.1 Å². The van der Waals surface area contributed by atoms with Crippen molar-refractivity contribution in [3.05, 3.63) is 93.4 Å². The van der Waals surface area contributed by atoms with Gasteiger partial charge in [0, 0.05) is 27.7 Å². The van der Waals surface area contributed by atoms with Crippen molar-refractivity contribution >= 4 is 62.3 Å². The standard InChI is InChI=1S/C28H30Cl3N3O4S/c1-4-19(2)32-28(36)20(3)33(17-21-10-12-22(29)13-11-21)27(35)18-34(25-15-23(30)14-24(31)16-25)39(37,38)26-8-6-5-7-9-26/h5-16,19-20H,4,17-18H2,1-3H3,(H,32,36)/t19-,20+/m1/s1. The summed E-state index contributed by atoms with van der Waals surface area (Å²) in [5.74, 6) is -0.942. The first-order valence-electron chi connectivity index (χ1n) is 12.3. The summed E-state index contributed by atoms with van der Waals surface area (Å²) in [5.41, 5.74) is 0.840. The van der Waals surface area contributed by atoms with Gasteiger partial charge in [0.05, 0.1) is 10.6 Å². The highest BCUT2D eigenvalue weighted by Gasteiger charge is 2.33. The average Bonchev–Trinajstić information content (AvgIpc) is 2.90. The Morgan fingerprint density at radius 2 is 1.46 bits per heavy atom. The van der Waals surface area contributed by atoms with Gasteiger partial charge in [0.15, 0.2) is 0 Å². The summed E-state index contributed by atoms with van der Waals surface area (Å²) in [7, 11) is -4.21. The van der Waals surface area contributed by atoms with Crippen molar-refractivity contribution in [2.24, 2.45) is 0 Å². The van der Waals surface area contributed by atoms with Crippen LogP contribution in [-0.4, -0.2) is 43.8 Å². The second kappa shape index (κ2) is 13.5. The lowest BCUT2D eigenvalue weighted by Gasteiger charge is -2.32. The third-order valence-electron chi connectivity index (χ3n) is 6.18. The summed E-state index contributed by atoms with van der Waals surface area (Å²) in [6.45, 7) is 4.88. The molecule has 3 aromatic carbocycles. The zero-order chi connectivity index (χ0) is 28.7. The normalized spacial score (nSPS) is 12.9. The minimum atomic E-state index is -4.21. The van der Waals surface area contributed by atoms with E-state index < -0.39 is 28.5 Å². The molecule has 0 bridgehead atoms. The van der Waals surface area contributed by atoms with E-state index in [1.165, 1.54) is 35.2 Å². The van der Waals surface area contributed by atoms with Gasteiger partial charge in [-0.2, -0.15) is 0 Å². The van der Waals surface area contributed by atoms with Crippen LogP contribution in [0.15, 0.2) is 77.7 Å². The van der Waals surface area contributed by atoms with E-state index in [0.717, 1.165) is 9.87 Å². The zero-order valence-corrected chi connectivity index (χ0v) is 24.9. The molecular formula is C28H30Cl3N3O4S. The monoisotopic (exact) mass is 609 g/mol. The van der Waals surface area contributed by atoms with Crippen molar-refractivity contribution in [3.8, 4) is 0 Å². The summed E-state index contributed by atoms with van der Waals surface area (Å²) < 4.78 is 28.5. The lowest BCUT2D eigenvalue weighted by molar-refractivity contribution is -0.139. The molecule has 7 nitrogen and oxygen atoms in total. The molecule has 1 N–H and O–H groups in total. The lowest BCUT2D eigenvalue weighted by Crippen LogP contribution is -2.52. The zero-order valence-electron chi connectivity index (χ0n) is 21.8. The number of nitrogens with one attached hydrogen (secondary N) is 1. The molecule has 0 aliphatic heterocycles. The van der Waals surface area contributed by atoms with E-state index >= 15 is 0 Å². The molecule has 0 radical (unpaired) electrons. The van der Waals surface area contributed by atoms with E-state index in [1.54, 1.807) is 49.4 Å². The van der Waals surface area contributed by atoms with E-state index in [9.17, 15) is 18.0 Å². The van der Waals surface area contributed by atoms with E-state index in [0.29, 0.717) is 11.4 Å². The van der Waals surface area contributed by atoms with E-state index in [-0.39, 0.29) is 39.1 Å². The van der Waals surface area contributed by atoms with Gasteiger partial charge in [0.25, 0.3) is 10.0 Å². The fourth-order valence-electron chi connectivity index (χ4n) is 3.77. The van der Waals surface area contributed by atoms with Gasteiger partial charge in [-0.1, -0.05) is 72.1 Å². The molecule has 0 aromatic heterocycles. The number of nitrogens with zero attached hydrogens (tertiary/aromatic N) is 2. The van der Waals surface area contributed by atoms with Crippen LogP contribution in [0.5, 0.6) is 0 Å². The Bertz CT molecular complexity index is 1380. The van der Waals surface area contributed by atoms with Crippen molar-refractivity contribution in [2.45, 2.75) is 50.7 Å². The first-order valence-corrected chi connectivity index (χ1v) is 14.9. The highest BCUT2D eigenvalue weighted by atomic mass is 35.5. The van der Waals surface area contributed by atoms with Gasteiger partial charge < -0.3 is 10.2 Å². The molecule has 0 spiro atoms. The molecule has 0 saturated heterocycles. The summed E-state index contributed by atoms with van der Waals surface area (Å²) in [6, 6.07) is 17.9. The van der Waals surface area contributed by atoms with Gasteiger partial charge in [-0.15, -0.1) is 0 Å². The quantitative estimate of drug-likeness (QED) is 0.281. The number of carbonyl (C=O) groups excluding carboxylic acids is 2. The molecular weight excluding hydrogens is 581 g/mol. The number of benzene rings is 3. The number of carbonyl (C=O) groups is 2. The molecule has 0 aliphatic rings. The van der Waals surface area contributed by atoms with Crippen LogP contribution in [0.25, 0.3) is 0 Å². The summed E-state index contributed by atoms with van der Waals surface area (Å²) in [4.78, 5) is 28.3. The van der Waals surface area contributed by atoms with Crippen molar-refractivity contribution in [1.82, 2.24) is 10.2 Å². The maximum Gasteiger partial charge on any atom is 0.264 e. The smallest absolute Gasteiger partial charge is 0.264 e. The van der Waals surface area contributed by atoms with Crippen LogP contribution in [0.4, 0.5) is 5.69 Å². The van der Waals surface area contributed by atoms with Gasteiger partial charge >= 0.3 is 0 Å². The molecule has 208 valence electrons. The van der Waals surface area contributed by atoms with Crippen LogP contribution in [0, 0.1) is 0 Å². The number of rotatable bonds is 11. The second-order valence-corrected chi connectivity index (χ2v) is 12.3. The van der Waals surface area contributed by atoms with Gasteiger partial charge in [-0.3, -0.25) is 13.9 Å². The first kappa shape index (κ1) is 30.8. The van der Waals surface area contributed by atoms with Gasteiger partial charge in [-0.25, -0.2) is 8.42 Å². The van der Waals surface area contributed by atoms with Crippen LogP contribution in [-0.2, 0) is 26.2 Å². The third-order valence-corrected chi connectivity index (χ3v) is 8.66. The highest BCUT2D eigenvalue weighted by molar-refractivity contribution is 7.92. The van der Waals surface area contributed by atoms with Crippen molar-refractivity contribution in [2.75, 3.05) is 10.8 Å².